The van der Waals surface area contributed by atoms with Gasteiger partial charge in [-0.05, 0) is 55.2 Å². The molecule has 0 radical (unpaired) electrons. The van der Waals surface area contributed by atoms with Crippen LogP contribution in [-0.2, 0) is 9.59 Å². The Balaban J connectivity index is 1.85. The first-order valence-corrected chi connectivity index (χ1v) is 10.6. The number of likely N-dealkylation sites (tertiary alicyclic amines) is 1. The van der Waals surface area contributed by atoms with E-state index in [0.29, 0.717) is 43.5 Å². The number of hydrogen-bond acceptors (Lipinski definition) is 3. The smallest absolute Gasteiger partial charge is 0.282 e. The zero-order valence-corrected chi connectivity index (χ0v) is 18.1. The highest BCUT2D eigenvalue weighted by atomic mass is 35.5. The van der Waals surface area contributed by atoms with Crippen molar-refractivity contribution in [3.63, 3.8) is 0 Å². The normalized spacial score (nSPS) is 20.1. The van der Waals surface area contributed by atoms with E-state index in [1.165, 1.54) is 4.90 Å². The summed E-state index contributed by atoms with van der Waals surface area (Å²) in [6.45, 7) is 3.60. The van der Waals surface area contributed by atoms with Crippen LogP contribution in [0.1, 0.15) is 25.3 Å². The van der Waals surface area contributed by atoms with Crippen molar-refractivity contribution in [2.75, 3.05) is 18.0 Å². The second kappa shape index (κ2) is 8.02. The molecule has 0 bridgehead atoms. The molecular formula is C22H19Cl3N2O2. The van der Waals surface area contributed by atoms with E-state index in [9.17, 15) is 9.59 Å². The highest BCUT2D eigenvalue weighted by Crippen LogP contribution is 2.39. The highest BCUT2D eigenvalue weighted by molar-refractivity contribution is 6.47. The summed E-state index contributed by atoms with van der Waals surface area (Å²) < 4.78 is 0. The topological polar surface area (TPSA) is 40.6 Å². The molecule has 0 N–H and O–H groups in total. The molecule has 2 aromatic rings. The van der Waals surface area contributed by atoms with Crippen molar-refractivity contribution in [3.8, 4) is 0 Å². The van der Waals surface area contributed by atoms with Crippen molar-refractivity contribution in [3.05, 3.63) is 68.8 Å². The standard InChI is InChI=1S/C22H19Cl3N2O2/c1-13-3-2-10-26(12-13)20-19(17-9-6-15(24)11-18(17)25)21(28)27(22(20)29)16-7-4-14(23)5-8-16/h4-9,11,13H,2-3,10,12H2,1H3. The van der Waals surface area contributed by atoms with E-state index in [-0.39, 0.29) is 5.91 Å². The molecule has 1 saturated heterocycles. The Hall–Kier alpha value is -2.01. The summed E-state index contributed by atoms with van der Waals surface area (Å²) in [6.07, 6.45) is 2.07. The molecule has 0 aromatic heterocycles. The number of piperidine rings is 1. The lowest BCUT2D eigenvalue weighted by Crippen LogP contribution is -2.39. The SMILES string of the molecule is CC1CCCN(C2=C(c3ccc(Cl)cc3Cl)C(=O)N(c3ccc(Cl)cc3)C2=O)C1. The predicted molar refractivity (Wildman–Crippen MR) is 117 cm³/mol. The number of rotatable bonds is 3. The molecule has 2 aromatic carbocycles. The van der Waals surface area contributed by atoms with Gasteiger partial charge in [-0.25, -0.2) is 4.90 Å². The van der Waals surface area contributed by atoms with Crippen molar-refractivity contribution in [1.29, 1.82) is 0 Å². The van der Waals surface area contributed by atoms with Crippen molar-refractivity contribution in [2.24, 2.45) is 5.92 Å². The van der Waals surface area contributed by atoms with Gasteiger partial charge in [-0.3, -0.25) is 9.59 Å². The van der Waals surface area contributed by atoms with Gasteiger partial charge in [0.05, 0.1) is 16.3 Å². The van der Waals surface area contributed by atoms with Crippen molar-refractivity contribution in [2.45, 2.75) is 19.8 Å². The van der Waals surface area contributed by atoms with Crippen LogP contribution in [0.4, 0.5) is 5.69 Å². The molecule has 1 unspecified atom stereocenters. The lowest BCUT2D eigenvalue weighted by Gasteiger charge is -2.33. The number of nitrogens with zero attached hydrogens (tertiary/aromatic N) is 2. The quantitative estimate of drug-likeness (QED) is 0.567. The van der Waals surface area contributed by atoms with Gasteiger partial charge in [-0.2, -0.15) is 0 Å². The van der Waals surface area contributed by atoms with Gasteiger partial charge in [-0.1, -0.05) is 47.8 Å². The van der Waals surface area contributed by atoms with Gasteiger partial charge in [0.15, 0.2) is 0 Å². The third kappa shape index (κ3) is 3.77. The average molecular weight is 450 g/mol. The van der Waals surface area contributed by atoms with Gasteiger partial charge in [-0.15, -0.1) is 0 Å². The number of amides is 2. The minimum absolute atomic E-state index is 0.320. The van der Waals surface area contributed by atoms with E-state index in [4.69, 9.17) is 34.8 Å². The van der Waals surface area contributed by atoms with E-state index in [2.05, 4.69) is 6.92 Å². The number of halogens is 3. The lowest BCUT2D eigenvalue weighted by molar-refractivity contribution is -0.120. The molecule has 2 aliphatic rings. The Morgan fingerprint density at radius 3 is 2.28 bits per heavy atom. The number of benzene rings is 2. The number of carbonyl (C=O) groups is 2. The molecule has 7 heteroatoms. The second-order valence-corrected chi connectivity index (χ2v) is 8.74. The zero-order chi connectivity index (χ0) is 20.7. The number of hydrogen-bond donors (Lipinski definition) is 0. The Morgan fingerprint density at radius 2 is 1.62 bits per heavy atom. The molecule has 0 spiro atoms. The van der Waals surface area contributed by atoms with Gasteiger partial charge in [0, 0.05) is 28.7 Å². The van der Waals surface area contributed by atoms with Crippen molar-refractivity contribution < 1.29 is 9.59 Å². The summed E-state index contributed by atoms with van der Waals surface area (Å²) in [5, 5.41) is 1.35. The van der Waals surface area contributed by atoms with E-state index in [1.54, 1.807) is 42.5 Å². The average Bonchev–Trinajstić information content (AvgIpc) is 2.93. The molecule has 2 heterocycles. The van der Waals surface area contributed by atoms with Gasteiger partial charge >= 0.3 is 0 Å². The van der Waals surface area contributed by atoms with E-state index in [1.807, 2.05) is 4.90 Å². The van der Waals surface area contributed by atoms with Crippen LogP contribution in [0.2, 0.25) is 15.1 Å². The molecule has 150 valence electrons. The molecule has 1 atom stereocenters. The van der Waals surface area contributed by atoms with Crippen LogP contribution in [0.25, 0.3) is 5.57 Å². The van der Waals surface area contributed by atoms with Gasteiger partial charge in [0.25, 0.3) is 11.8 Å². The van der Waals surface area contributed by atoms with Crippen LogP contribution in [0.5, 0.6) is 0 Å². The van der Waals surface area contributed by atoms with Crippen LogP contribution >= 0.6 is 34.8 Å². The van der Waals surface area contributed by atoms with Crippen molar-refractivity contribution in [1.82, 2.24) is 4.90 Å². The summed E-state index contributed by atoms with van der Waals surface area (Å²) in [6, 6.07) is 11.6. The largest absolute Gasteiger partial charge is 0.366 e. The summed E-state index contributed by atoms with van der Waals surface area (Å²) in [5.74, 6) is -0.298. The summed E-state index contributed by atoms with van der Waals surface area (Å²) in [4.78, 5) is 30.2. The first kappa shape index (κ1) is 20.3. The van der Waals surface area contributed by atoms with Gasteiger partial charge < -0.3 is 4.90 Å². The zero-order valence-electron chi connectivity index (χ0n) is 15.8. The Labute approximate surface area is 184 Å². The maximum atomic E-state index is 13.5. The van der Waals surface area contributed by atoms with Crippen LogP contribution in [0.3, 0.4) is 0 Å². The molecular weight excluding hydrogens is 431 g/mol. The number of anilines is 1. The van der Waals surface area contributed by atoms with Crippen LogP contribution < -0.4 is 4.90 Å². The molecule has 29 heavy (non-hydrogen) atoms. The first-order chi connectivity index (χ1) is 13.9. The lowest BCUT2D eigenvalue weighted by atomic mass is 9.97. The minimum Gasteiger partial charge on any atom is -0.366 e. The Kier molecular flexibility index (Phi) is 5.60. The molecule has 2 aliphatic heterocycles. The molecule has 4 rings (SSSR count). The van der Waals surface area contributed by atoms with Gasteiger partial charge in [0.2, 0.25) is 0 Å². The molecule has 0 aliphatic carbocycles. The number of imide groups is 1. The highest BCUT2D eigenvalue weighted by Gasteiger charge is 2.43. The first-order valence-electron chi connectivity index (χ1n) is 9.46. The summed E-state index contributed by atoms with van der Waals surface area (Å²) in [7, 11) is 0. The minimum atomic E-state index is -0.394. The fourth-order valence-corrected chi connectivity index (χ4v) is 4.59. The monoisotopic (exact) mass is 448 g/mol. The molecule has 1 fully saturated rings. The maximum absolute atomic E-state index is 13.5. The van der Waals surface area contributed by atoms with E-state index >= 15 is 0 Å². The Bertz CT molecular complexity index is 1020. The molecule has 4 nitrogen and oxygen atoms in total. The Morgan fingerprint density at radius 1 is 0.931 bits per heavy atom. The second-order valence-electron chi connectivity index (χ2n) is 7.46. The fourth-order valence-electron chi connectivity index (χ4n) is 3.96. The van der Waals surface area contributed by atoms with Crippen molar-refractivity contribution >= 4 is 57.9 Å². The third-order valence-corrected chi connectivity index (χ3v) is 6.12. The van der Waals surface area contributed by atoms with Gasteiger partial charge in [0.1, 0.15) is 5.70 Å². The van der Waals surface area contributed by atoms with Crippen LogP contribution in [0, 0.1) is 5.92 Å². The molecule has 0 saturated carbocycles. The molecule has 2 amide bonds. The van der Waals surface area contributed by atoms with E-state index < -0.39 is 5.91 Å². The van der Waals surface area contributed by atoms with E-state index in [0.717, 1.165) is 25.9 Å². The maximum Gasteiger partial charge on any atom is 0.282 e. The van der Waals surface area contributed by atoms with Crippen LogP contribution in [-0.4, -0.2) is 29.8 Å². The predicted octanol–water partition coefficient (Wildman–Crippen LogP) is 5.66. The fraction of sp³-hybridized carbons (Fsp3) is 0.273. The number of carbonyl (C=O) groups excluding carboxylic acids is 2. The summed E-state index contributed by atoms with van der Waals surface area (Å²) >= 11 is 18.5. The van der Waals surface area contributed by atoms with Crippen LogP contribution in [0.15, 0.2) is 48.2 Å². The summed E-state index contributed by atoms with van der Waals surface area (Å²) in [5.41, 5.74) is 1.72. The third-order valence-electron chi connectivity index (χ3n) is 5.32.